The number of halogens is 1. The van der Waals surface area contributed by atoms with Crippen molar-refractivity contribution in [3.63, 3.8) is 0 Å². The Labute approximate surface area is 189 Å². The van der Waals surface area contributed by atoms with Crippen LogP contribution in [0.4, 0.5) is 15.9 Å². The summed E-state index contributed by atoms with van der Waals surface area (Å²) < 4.78 is 48.3. The minimum Gasteiger partial charge on any atom is -0.451 e. The van der Waals surface area contributed by atoms with Crippen molar-refractivity contribution in [1.29, 1.82) is 0 Å². The smallest absolute Gasteiger partial charge is 0.310 e. The van der Waals surface area contributed by atoms with Crippen LogP contribution in [0.3, 0.4) is 0 Å². The van der Waals surface area contributed by atoms with E-state index in [1.807, 2.05) is 0 Å². The highest BCUT2D eigenvalue weighted by Gasteiger charge is 2.37. The molecule has 0 spiro atoms. The van der Waals surface area contributed by atoms with Crippen molar-refractivity contribution in [2.45, 2.75) is 43.0 Å². The van der Waals surface area contributed by atoms with Crippen LogP contribution in [0.25, 0.3) is 11.0 Å². The average Bonchev–Trinajstić information content (AvgIpc) is 3.45. The monoisotopic (exact) mass is 474 g/mol. The quantitative estimate of drug-likeness (QED) is 0.381. The zero-order chi connectivity index (χ0) is 23.2. The number of sulfonamides is 1. The molecule has 2 unspecified atom stereocenters. The summed E-state index contributed by atoms with van der Waals surface area (Å²) in [6.45, 7) is 0.739. The standard InChI is InChI=1S/C22H23FN4O5S/c23-15-10-17(21(24-12-15)27-8-2-4-13-3-1-5-18(13)27)26-33(30,31)16-7-6-14-9-20(22(28)25-29)32-19(14)11-16/h6-7,9-13,18,26,29H,1-5,8H2,(H,25,28). The highest BCUT2D eigenvalue weighted by Crippen LogP contribution is 2.41. The summed E-state index contributed by atoms with van der Waals surface area (Å²) in [5, 5.41) is 9.26. The summed E-state index contributed by atoms with van der Waals surface area (Å²) in [6, 6.07) is 6.92. The van der Waals surface area contributed by atoms with Gasteiger partial charge in [-0.2, -0.15) is 0 Å². The van der Waals surface area contributed by atoms with E-state index in [0.29, 0.717) is 17.1 Å². The molecule has 9 nitrogen and oxygen atoms in total. The van der Waals surface area contributed by atoms with Crippen molar-refractivity contribution in [2.75, 3.05) is 16.2 Å². The van der Waals surface area contributed by atoms with E-state index >= 15 is 0 Å². The van der Waals surface area contributed by atoms with Crippen LogP contribution in [0.1, 0.15) is 42.7 Å². The van der Waals surface area contributed by atoms with Gasteiger partial charge in [-0.15, -0.1) is 0 Å². The number of fused-ring (bicyclic) bond motifs is 2. The summed E-state index contributed by atoms with van der Waals surface area (Å²) in [6.07, 6.45) is 6.49. The van der Waals surface area contributed by atoms with E-state index in [2.05, 4.69) is 14.6 Å². The molecule has 1 aliphatic heterocycles. The zero-order valence-electron chi connectivity index (χ0n) is 17.6. The van der Waals surface area contributed by atoms with Gasteiger partial charge < -0.3 is 9.32 Å². The van der Waals surface area contributed by atoms with Gasteiger partial charge in [0.1, 0.15) is 11.4 Å². The van der Waals surface area contributed by atoms with E-state index in [1.54, 1.807) is 0 Å². The first kappa shape index (κ1) is 21.7. The summed E-state index contributed by atoms with van der Waals surface area (Å²) in [5.74, 6) is -0.685. The van der Waals surface area contributed by atoms with Crippen LogP contribution in [-0.2, 0) is 10.0 Å². The number of rotatable bonds is 5. The number of aromatic nitrogens is 1. The van der Waals surface area contributed by atoms with Gasteiger partial charge in [-0.3, -0.25) is 14.7 Å². The highest BCUT2D eigenvalue weighted by atomic mass is 32.2. The van der Waals surface area contributed by atoms with Gasteiger partial charge in [-0.1, -0.05) is 6.42 Å². The summed E-state index contributed by atoms with van der Waals surface area (Å²) in [7, 11) is -4.11. The van der Waals surface area contributed by atoms with Crippen LogP contribution in [-0.4, -0.2) is 37.1 Å². The lowest BCUT2D eigenvalue weighted by Crippen LogP contribution is -2.43. The van der Waals surface area contributed by atoms with Gasteiger partial charge in [0.25, 0.3) is 10.0 Å². The topological polar surface area (TPSA) is 125 Å². The molecule has 0 radical (unpaired) electrons. The fourth-order valence-corrected chi connectivity index (χ4v) is 6.07. The molecule has 1 saturated carbocycles. The highest BCUT2D eigenvalue weighted by molar-refractivity contribution is 7.92. The number of hydroxylamine groups is 1. The van der Waals surface area contributed by atoms with Gasteiger partial charge in [0.05, 0.1) is 16.8 Å². The van der Waals surface area contributed by atoms with Gasteiger partial charge in [0, 0.05) is 30.1 Å². The molecule has 3 N–H and O–H groups in total. The number of amides is 1. The first-order chi connectivity index (χ1) is 15.9. The number of furan rings is 1. The molecule has 3 heterocycles. The number of hydrogen-bond donors (Lipinski definition) is 3. The SMILES string of the molecule is O=C(NO)c1cc2ccc(S(=O)(=O)Nc3cc(F)cnc3N3CCCC4CCCC43)cc2o1. The van der Waals surface area contributed by atoms with Crippen molar-refractivity contribution in [3.8, 4) is 0 Å². The van der Waals surface area contributed by atoms with E-state index in [0.717, 1.165) is 50.9 Å². The van der Waals surface area contributed by atoms with Crippen LogP contribution < -0.4 is 15.1 Å². The number of hydrogen-bond acceptors (Lipinski definition) is 7. The van der Waals surface area contributed by atoms with Crippen molar-refractivity contribution >= 4 is 38.4 Å². The Morgan fingerprint density at radius 2 is 2.00 bits per heavy atom. The number of benzene rings is 1. The molecule has 3 aromatic rings. The second kappa shape index (κ2) is 8.31. The van der Waals surface area contributed by atoms with E-state index in [1.165, 1.54) is 29.7 Å². The second-order valence-electron chi connectivity index (χ2n) is 8.48. The molecule has 174 valence electrons. The maximum Gasteiger partial charge on any atom is 0.310 e. The summed E-state index contributed by atoms with van der Waals surface area (Å²) in [4.78, 5) is 17.8. The predicted octanol–water partition coefficient (Wildman–Crippen LogP) is 3.66. The number of piperidine rings is 1. The maximum absolute atomic E-state index is 14.1. The lowest BCUT2D eigenvalue weighted by atomic mass is 9.92. The number of carbonyl (C=O) groups is 1. The number of anilines is 2. The molecule has 11 heteroatoms. The maximum atomic E-state index is 14.1. The van der Waals surface area contributed by atoms with Gasteiger partial charge >= 0.3 is 5.91 Å². The Hall–Kier alpha value is -3.18. The molecule has 1 saturated heterocycles. The molecule has 1 aliphatic carbocycles. The van der Waals surface area contributed by atoms with Crippen LogP contribution in [0, 0.1) is 11.7 Å². The largest absolute Gasteiger partial charge is 0.451 e. The minimum absolute atomic E-state index is 0.0856. The Balaban J connectivity index is 1.48. The molecule has 5 rings (SSSR count). The van der Waals surface area contributed by atoms with Crippen LogP contribution >= 0.6 is 0 Å². The van der Waals surface area contributed by atoms with Gasteiger partial charge in [0.15, 0.2) is 11.6 Å². The Morgan fingerprint density at radius 3 is 2.82 bits per heavy atom. The third-order valence-corrected chi connectivity index (χ3v) is 7.83. The Bertz CT molecular complexity index is 1330. The Kier molecular flexibility index (Phi) is 5.45. The lowest BCUT2D eigenvalue weighted by molar-refractivity contribution is 0.0678. The van der Waals surface area contributed by atoms with Crippen LogP contribution in [0.5, 0.6) is 0 Å². The lowest BCUT2D eigenvalue weighted by Gasteiger charge is -2.39. The van der Waals surface area contributed by atoms with Crippen LogP contribution in [0.15, 0.2) is 45.8 Å². The molecule has 1 amide bonds. The van der Waals surface area contributed by atoms with Gasteiger partial charge in [-0.05, 0) is 49.8 Å². The van der Waals surface area contributed by atoms with E-state index in [4.69, 9.17) is 9.62 Å². The van der Waals surface area contributed by atoms with Crippen molar-refractivity contribution in [2.24, 2.45) is 5.92 Å². The van der Waals surface area contributed by atoms with Crippen molar-refractivity contribution < 1.29 is 27.2 Å². The molecule has 0 bridgehead atoms. The van der Waals surface area contributed by atoms with E-state index < -0.39 is 21.7 Å². The molecule has 2 aromatic heterocycles. The number of carbonyl (C=O) groups excluding carboxylic acids is 1. The number of nitrogens with zero attached hydrogens (tertiary/aromatic N) is 2. The summed E-state index contributed by atoms with van der Waals surface area (Å²) in [5.41, 5.74) is 1.71. The van der Waals surface area contributed by atoms with E-state index in [9.17, 15) is 17.6 Å². The molecular formula is C22H23FN4O5S. The first-order valence-corrected chi connectivity index (χ1v) is 12.3. The van der Waals surface area contributed by atoms with E-state index in [-0.39, 0.29) is 28.0 Å². The van der Waals surface area contributed by atoms with Gasteiger partial charge in [0.2, 0.25) is 0 Å². The number of pyridine rings is 1. The molecule has 33 heavy (non-hydrogen) atoms. The third-order valence-electron chi connectivity index (χ3n) is 6.47. The minimum atomic E-state index is -4.11. The van der Waals surface area contributed by atoms with Gasteiger partial charge in [-0.25, -0.2) is 23.3 Å². The normalized spacial score (nSPS) is 20.6. The molecule has 2 fully saturated rings. The van der Waals surface area contributed by atoms with Crippen LogP contribution in [0.2, 0.25) is 0 Å². The number of nitrogens with one attached hydrogen (secondary N) is 2. The van der Waals surface area contributed by atoms with Crippen molar-refractivity contribution in [3.05, 3.63) is 48.1 Å². The summed E-state index contributed by atoms with van der Waals surface area (Å²) >= 11 is 0. The Morgan fingerprint density at radius 1 is 1.18 bits per heavy atom. The zero-order valence-corrected chi connectivity index (χ0v) is 18.4. The first-order valence-electron chi connectivity index (χ1n) is 10.8. The van der Waals surface area contributed by atoms with Crippen molar-refractivity contribution in [1.82, 2.24) is 10.5 Å². The third kappa shape index (κ3) is 4.02. The molecule has 2 aliphatic rings. The molecule has 2 atom stereocenters. The predicted molar refractivity (Wildman–Crippen MR) is 118 cm³/mol. The fourth-order valence-electron chi connectivity index (χ4n) is 5.00. The molecule has 1 aromatic carbocycles. The fraction of sp³-hybridized carbons (Fsp3) is 0.364. The molecular weight excluding hydrogens is 451 g/mol. The second-order valence-corrected chi connectivity index (χ2v) is 10.2. The average molecular weight is 475 g/mol.